The molecule has 1 amide bonds. The monoisotopic (exact) mass is 316 g/mol. The minimum absolute atomic E-state index is 0. The van der Waals surface area contributed by atoms with E-state index >= 15 is 0 Å². The van der Waals surface area contributed by atoms with Crippen LogP contribution in [-0.2, 0) is 0 Å². The molecular weight excluding hydrogens is 295 g/mol. The van der Waals surface area contributed by atoms with E-state index in [-0.39, 0.29) is 30.1 Å². The fourth-order valence-corrected chi connectivity index (χ4v) is 2.52. The lowest BCUT2D eigenvalue weighted by molar-refractivity contribution is 0.0921. The van der Waals surface area contributed by atoms with Gasteiger partial charge in [0.05, 0.1) is 7.11 Å². The van der Waals surface area contributed by atoms with E-state index in [4.69, 9.17) is 4.74 Å². The number of amides is 1. The molecule has 0 spiro atoms. The molecular formula is C15H22ClFN2O2. The summed E-state index contributed by atoms with van der Waals surface area (Å²) in [5, 5.41) is 6.27. The second-order valence-electron chi connectivity index (χ2n) is 5.22. The van der Waals surface area contributed by atoms with Crippen LogP contribution in [0.3, 0.4) is 0 Å². The van der Waals surface area contributed by atoms with Crippen molar-refractivity contribution in [2.24, 2.45) is 5.92 Å². The maximum atomic E-state index is 13.6. The molecule has 2 atom stereocenters. The number of halogens is 2. The van der Waals surface area contributed by atoms with Gasteiger partial charge in [-0.3, -0.25) is 4.79 Å². The molecule has 2 unspecified atom stereocenters. The van der Waals surface area contributed by atoms with Crippen LogP contribution in [0.5, 0.6) is 5.75 Å². The summed E-state index contributed by atoms with van der Waals surface area (Å²) < 4.78 is 18.4. The Balaban J connectivity index is 0.00000220. The number of piperidine rings is 1. The zero-order valence-corrected chi connectivity index (χ0v) is 13.1. The number of hydrogen-bond donors (Lipinski definition) is 2. The van der Waals surface area contributed by atoms with E-state index in [1.807, 2.05) is 6.92 Å². The van der Waals surface area contributed by atoms with Gasteiger partial charge in [-0.05, 0) is 57.0 Å². The zero-order chi connectivity index (χ0) is 14.5. The maximum Gasteiger partial charge on any atom is 0.251 e. The Kier molecular flexibility index (Phi) is 6.92. The van der Waals surface area contributed by atoms with Gasteiger partial charge in [0.1, 0.15) is 0 Å². The van der Waals surface area contributed by atoms with Gasteiger partial charge in [0, 0.05) is 11.6 Å². The molecule has 1 aliphatic heterocycles. The van der Waals surface area contributed by atoms with E-state index in [1.165, 1.54) is 19.2 Å². The first-order valence-corrected chi connectivity index (χ1v) is 6.97. The van der Waals surface area contributed by atoms with Crippen molar-refractivity contribution >= 4 is 18.3 Å². The molecule has 21 heavy (non-hydrogen) atoms. The van der Waals surface area contributed by atoms with Gasteiger partial charge >= 0.3 is 0 Å². The van der Waals surface area contributed by atoms with Crippen molar-refractivity contribution in [3.63, 3.8) is 0 Å². The van der Waals surface area contributed by atoms with E-state index in [1.54, 1.807) is 6.07 Å². The summed E-state index contributed by atoms with van der Waals surface area (Å²) in [4.78, 5) is 12.1. The Bertz CT molecular complexity index is 479. The van der Waals surface area contributed by atoms with Gasteiger partial charge in [0.15, 0.2) is 11.6 Å². The van der Waals surface area contributed by atoms with Gasteiger partial charge in [-0.15, -0.1) is 12.4 Å². The van der Waals surface area contributed by atoms with Gasteiger partial charge in [-0.25, -0.2) is 4.39 Å². The molecule has 1 saturated heterocycles. The van der Waals surface area contributed by atoms with Crippen LogP contribution >= 0.6 is 12.4 Å². The summed E-state index contributed by atoms with van der Waals surface area (Å²) in [5.74, 6) is -0.196. The molecule has 0 saturated carbocycles. The number of benzene rings is 1. The normalized spacial score (nSPS) is 19.3. The number of rotatable bonds is 4. The number of hydrogen-bond acceptors (Lipinski definition) is 3. The molecule has 4 nitrogen and oxygen atoms in total. The molecule has 1 aliphatic rings. The smallest absolute Gasteiger partial charge is 0.251 e. The number of carbonyl (C=O) groups excluding carboxylic acids is 1. The topological polar surface area (TPSA) is 50.4 Å². The summed E-state index contributed by atoms with van der Waals surface area (Å²) in [6.07, 6.45) is 2.23. The second-order valence-corrected chi connectivity index (χ2v) is 5.22. The Hall–Kier alpha value is -1.33. The molecule has 1 fully saturated rings. The summed E-state index contributed by atoms with van der Waals surface area (Å²) in [5.41, 5.74) is 0.318. The van der Waals surface area contributed by atoms with Crippen molar-refractivity contribution in [1.82, 2.24) is 10.6 Å². The summed E-state index contributed by atoms with van der Waals surface area (Å²) in [6.45, 7) is 3.95. The molecule has 0 radical (unpaired) electrons. The predicted octanol–water partition coefficient (Wildman–Crippen LogP) is 2.37. The molecule has 2 N–H and O–H groups in total. The second kappa shape index (κ2) is 8.20. The van der Waals surface area contributed by atoms with E-state index in [9.17, 15) is 9.18 Å². The Labute approximate surface area is 130 Å². The molecule has 0 bridgehead atoms. The summed E-state index contributed by atoms with van der Waals surface area (Å²) in [7, 11) is 1.40. The predicted molar refractivity (Wildman–Crippen MR) is 82.7 cm³/mol. The van der Waals surface area contributed by atoms with Crippen molar-refractivity contribution in [3.8, 4) is 5.75 Å². The third kappa shape index (κ3) is 4.58. The zero-order valence-electron chi connectivity index (χ0n) is 12.3. The first kappa shape index (κ1) is 17.7. The van der Waals surface area contributed by atoms with Crippen LogP contribution in [-0.4, -0.2) is 32.1 Å². The van der Waals surface area contributed by atoms with Crippen LogP contribution in [0.15, 0.2) is 18.2 Å². The van der Waals surface area contributed by atoms with E-state index in [0.717, 1.165) is 25.9 Å². The maximum absolute atomic E-state index is 13.6. The van der Waals surface area contributed by atoms with Gasteiger partial charge in [-0.1, -0.05) is 0 Å². The van der Waals surface area contributed by atoms with Crippen molar-refractivity contribution in [1.29, 1.82) is 0 Å². The van der Waals surface area contributed by atoms with E-state index < -0.39 is 5.82 Å². The average Bonchev–Trinajstić information content (AvgIpc) is 2.48. The lowest BCUT2D eigenvalue weighted by Crippen LogP contribution is -2.44. The Morgan fingerprint density at radius 1 is 1.52 bits per heavy atom. The van der Waals surface area contributed by atoms with Crippen LogP contribution in [0.1, 0.15) is 30.1 Å². The van der Waals surface area contributed by atoms with E-state index in [0.29, 0.717) is 11.5 Å². The van der Waals surface area contributed by atoms with Gasteiger partial charge in [0.2, 0.25) is 0 Å². The van der Waals surface area contributed by atoms with Crippen LogP contribution in [0.2, 0.25) is 0 Å². The van der Waals surface area contributed by atoms with Crippen molar-refractivity contribution in [3.05, 3.63) is 29.6 Å². The Morgan fingerprint density at radius 2 is 2.29 bits per heavy atom. The van der Waals surface area contributed by atoms with Gasteiger partial charge < -0.3 is 15.4 Å². The number of carbonyl (C=O) groups is 1. The van der Waals surface area contributed by atoms with Crippen LogP contribution in [0.4, 0.5) is 4.39 Å². The van der Waals surface area contributed by atoms with Crippen molar-refractivity contribution in [2.75, 3.05) is 20.2 Å². The van der Waals surface area contributed by atoms with Crippen molar-refractivity contribution < 1.29 is 13.9 Å². The minimum atomic E-state index is -0.521. The van der Waals surface area contributed by atoms with Crippen LogP contribution in [0.25, 0.3) is 0 Å². The van der Waals surface area contributed by atoms with Gasteiger partial charge in [-0.2, -0.15) is 0 Å². The Morgan fingerprint density at radius 3 is 2.86 bits per heavy atom. The lowest BCUT2D eigenvalue weighted by Gasteiger charge is -2.29. The summed E-state index contributed by atoms with van der Waals surface area (Å²) in [6, 6.07) is 4.32. The molecule has 2 rings (SSSR count). The highest BCUT2D eigenvalue weighted by Gasteiger charge is 2.22. The number of nitrogens with one attached hydrogen (secondary N) is 2. The largest absolute Gasteiger partial charge is 0.494 e. The number of ether oxygens (including phenoxy) is 1. The minimum Gasteiger partial charge on any atom is -0.494 e. The van der Waals surface area contributed by atoms with Crippen LogP contribution < -0.4 is 15.4 Å². The quantitative estimate of drug-likeness (QED) is 0.896. The third-order valence-corrected chi connectivity index (χ3v) is 3.81. The molecule has 0 aromatic heterocycles. The molecule has 0 aliphatic carbocycles. The van der Waals surface area contributed by atoms with Crippen LogP contribution in [0, 0.1) is 11.7 Å². The molecule has 1 heterocycles. The first-order chi connectivity index (χ1) is 9.61. The summed E-state index contributed by atoms with van der Waals surface area (Å²) >= 11 is 0. The fraction of sp³-hybridized carbons (Fsp3) is 0.533. The number of methoxy groups -OCH3 is 1. The SMILES string of the molecule is COc1ccc(C(=O)NC(C)C2CCCNC2)cc1F.Cl. The van der Waals surface area contributed by atoms with E-state index in [2.05, 4.69) is 10.6 Å². The fourth-order valence-electron chi connectivity index (χ4n) is 2.52. The molecule has 6 heteroatoms. The first-order valence-electron chi connectivity index (χ1n) is 6.97. The average molecular weight is 317 g/mol. The third-order valence-electron chi connectivity index (χ3n) is 3.81. The molecule has 1 aromatic rings. The standard InChI is InChI=1S/C15H21FN2O2.ClH/c1-10(12-4-3-7-17-9-12)18-15(19)11-5-6-14(20-2)13(16)8-11;/h5-6,8,10,12,17H,3-4,7,9H2,1-2H3,(H,18,19);1H. The molecule has 1 aromatic carbocycles. The highest BCUT2D eigenvalue weighted by Crippen LogP contribution is 2.19. The highest BCUT2D eigenvalue weighted by molar-refractivity contribution is 5.94. The van der Waals surface area contributed by atoms with Crippen molar-refractivity contribution in [2.45, 2.75) is 25.8 Å². The van der Waals surface area contributed by atoms with Gasteiger partial charge in [0.25, 0.3) is 5.91 Å². The molecule has 118 valence electrons. The highest BCUT2D eigenvalue weighted by atomic mass is 35.5. The lowest BCUT2D eigenvalue weighted by atomic mass is 9.92.